The van der Waals surface area contributed by atoms with Gasteiger partial charge in [0.05, 0.1) is 6.54 Å². The summed E-state index contributed by atoms with van der Waals surface area (Å²) < 4.78 is 38.1. The molecule has 0 unspecified atom stereocenters. The van der Waals surface area contributed by atoms with E-state index in [-0.39, 0.29) is 19.1 Å². The number of benzene rings is 2. The third-order valence-electron chi connectivity index (χ3n) is 6.32. The van der Waals surface area contributed by atoms with Gasteiger partial charge in [-0.25, -0.2) is 18.0 Å². The van der Waals surface area contributed by atoms with Crippen molar-refractivity contribution >= 4 is 18.1 Å². The Hall–Kier alpha value is -3.23. The summed E-state index contributed by atoms with van der Waals surface area (Å²) in [6.45, 7) is 1.71. The van der Waals surface area contributed by atoms with Crippen molar-refractivity contribution in [1.29, 1.82) is 0 Å². The van der Waals surface area contributed by atoms with Crippen LogP contribution in [0.25, 0.3) is 0 Å². The van der Waals surface area contributed by atoms with Gasteiger partial charge in [-0.3, -0.25) is 4.79 Å². The summed E-state index contributed by atoms with van der Waals surface area (Å²) in [6, 6.07) is 10.5. The smallest absolute Gasteiger partial charge is 0.319 e. The van der Waals surface area contributed by atoms with Crippen LogP contribution < -0.4 is 5.32 Å². The minimum Gasteiger partial charge on any atom is -0.388 e. The molecule has 6 nitrogen and oxygen atoms in total. The Morgan fingerprint density at radius 3 is 2.41 bits per heavy atom. The second-order valence-electron chi connectivity index (χ2n) is 8.56. The molecule has 1 fully saturated rings. The van der Waals surface area contributed by atoms with Crippen LogP contribution in [0.3, 0.4) is 0 Å². The van der Waals surface area contributed by atoms with E-state index in [4.69, 9.17) is 0 Å². The molecule has 1 N–H and O–H groups in total. The zero-order valence-corrected chi connectivity index (χ0v) is 19.6. The van der Waals surface area contributed by atoms with E-state index in [9.17, 15) is 22.8 Å². The van der Waals surface area contributed by atoms with Gasteiger partial charge >= 0.3 is 6.03 Å². The number of hydrogen-bond acceptors (Lipinski definition) is 3. The van der Waals surface area contributed by atoms with E-state index >= 15 is 0 Å². The molecule has 2 heterocycles. The fourth-order valence-electron chi connectivity index (χ4n) is 4.32. The maximum atomic E-state index is 13.1. The van der Waals surface area contributed by atoms with Crippen molar-refractivity contribution in [3.05, 3.63) is 64.7 Å². The third-order valence-corrected chi connectivity index (χ3v) is 6.32. The summed E-state index contributed by atoms with van der Waals surface area (Å²) in [5.41, 5.74) is 3.43. The Morgan fingerprint density at radius 2 is 1.82 bits per heavy atom. The zero-order chi connectivity index (χ0) is 24.7. The van der Waals surface area contributed by atoms with Crippen LogP contribution in [-0.4, -0.2) is 67.5 Å². The topological polar surface area (TPSA) is 55.9 Å². The van der Waals surface area contributed by atoms with Gasteiger partial charge in [-0.15, -0.1) is 0 Å². The molecule has 4 rings (SSSR count). The van der Waals surface area contributed by atoms with Crippen molar-refractivity contribution < 1.29 is 22.8 Å². The highest BCUT2D eigenvalue weighted by Gasteiger charge is 2.25. The molecule has 0 spiro atoms. The maximum absolute atomic E-state index is 13.1. The van der Waals surface area contributed by atoms with Gasteiger partial charge < -0.3 is 20.0 Å². The van der Waals surface area contributed by atoms with Gasteiger partial charge in [-0.05, 0) is 48.1 Å². The average Bonchev–Trinajstić information content (AvgIpc) is 3.28. The van der Waals surface area contributed by atoms with Crippen molar-refractivity contribution in [3.63, 3.8) is 0 Å². The first kappa shape index (κ1) is 25.4. The summed E-state index contributed by atoms with van der Waals surface area (Å²) in [4.78, 5) is 27.2. The highest BCUT2D eigenvalue weighted by atomic mass is 19.1. The number of piperidine rings is 1. The summed E-state index contributed by atoms with van der Waals surface area (Å²) in [5, 5.41) is 3.11. The number of carbonyl (C=O) groups is 2. The fraction of sp³-hybridized carbons (Fsp3) is 0.440. The number of likely N-dealkylation sites (tertiary alicyclic amines) is 1. The van der Waals surface area contributed by atoms with E-state index in [1.807, 2.05) is 11.9 Å². The Balaban J connectivity index is 0.000000212. The monoisotopic (exact) mass is 476 g/mol. The summed E-state index contributed by atoms with van der Waals surface area (Å²) >= 11 is 0. The largest absolute Gasteiger partial charge is 0.388 e. The van der Waals surface area contributed by atoms with Crippen LogP contribution in [0.4, 0.5) is 23.7 Å². The molecule has 2 aromatic carbocycles. The number of fused-ring (bicyclic) bond motifs is 1. The van der Waals surface area contributed by atoms with Crippen molar-refractivity contribution in [3.8, 4) is 0 Å². The second kappa shape index (κ2) is 11.8. The molecule has 0 radical (unpaired) electrons. The highest BCUT2D eigenvalue weighted by Crippen LogP contribution is 2.29. The highest BCUT2D eigenvalue weighted by molar-refractivity contribution is 5.74. The van der Waals surface area contributed by atoms with Crippen LogP contribution in [0, 0.1) is 11.6 Å². The zero-order valence-electron chi connectivity index (χ0n) is 19.6. The minimum atomic E-state index is -0.594. The molecule has 0 bridgehead atoms. The molecule has 0 saturated carbocycles. The normalized spacial score (nSPS) is 15.3. The fourth-order valence-corrected chi connectivity index (χ4v) is 4.32. The Kier molecular flexibility index (Phi) is 8.79. The number of rotatable bonds is 5. The standard InChI is InChI=1S/C16H24FN3O.C9H7F2NO/c1-18-15-5-3-13(4-6-15)14-7-10-20(11-8-14)16(21)19(2)12-9-17;10-7-1-6-3-12(5-13)4-8(6)9(11)2-7/h3-6,14,18H,7-12H2,1-2H3;1-2,5H,3-4H2. The summed E-state index contributed by atoms with van der Waals surface area (Å²) in [7, 11) is 3.57. The molecule has 2 aromatic rings. The Bertz CT molecular complexity index is 979. The number of amides is 3. The molecule has 9 heteroatoms. The molecule has 0 aliphatic carbocycles. The number of urea groups is 1. The van der Waals surface area contributed by atoms with E-state index in [1.165, 1.54) is 21.4 Å². The van der Waals surface area contributed by atoms with E-state index in [0.717, 1.165) is 37.7 Å². The molecule has 0 atom stereocenters. The number of carbonyl (C=O) groups excluding carboxylic acids is 2. The van der Waals surface area contributed by atoms with E-state index in [2.05, 4.69) is 29.6 Å². The first-order valence-corrected chi connectivity index (χ1v) is 11.4. The molecule has 2 aliphatic rings. The first-order valence-electron chi connectivity index (χ1n) is 11.4. The lowest BCUT2D eigenvalue weighted by Crippen LogP contribution is -2.45. The van der Waals surface area contributed by atoms with Crippen molar-refractivity contribution in [2.75, 3.05) is 45.7 Å². The van der Waals surface area contributed by atoms with Gasteiger partial charge in [0.1, 0.15) is 18.3 Å². The SMILES string of the molecule is CNc1ccc(C2CCN(C(=O)N(C)CCF)CC2)cc1.O=CN1Cc2cc(F)cc(F)c2C1. The van der Waals surface area contributed by atoms with Crippen LogP contribution >= 0.6 is 0 Å². The van der Waals surface area contributed by atoms with Gasteiger partial charge in [0.2, 0.25) is 6.41 Å². The molecular weight excluding hydrogens is 445 g/mol. The first-order chi connectivity index (χ1) is 16.4. The van der Waals surface area contributed by atoms with Gasteiger partial charge in [0.25, 0.3) is 0 Å². The van der Waals surface area contributed by atoms with Crippen LogP contribution in [0.15, 0.2) is 36.4 Å². The second-order valence-corrected chi connectivity index (χ2v) is 8.56. The maximum Gasteiger partial charge on any atom is 0.319 e. The number of halogens is 3. The average molecular weight is 477 g/mol. The van der Waals surface area contributed by atoms with E-state index in [0.29, 0.717) is 30.0 Å². The summed E-state index contributed by atoms with van der Waals surface area (Å²) in [6.07, 6.45) is 2.57. The number of anilines is 1. The van der Waals surface area contributed by atoms with Gasteiger partial charge in [-0.2, -0.15) is 0 Å². The quantitative estimate of drug-likeness (QED) is 0.653. The predicted octanol–water partition coefficient (Wildman–Crippen LogP) is 4.37. The molecule has 34 heavy (non-hydrogen) atoms. The van der Waals surface area contributed by atoms with Crippen molar-refractivity contribution in [2.24, 2.45) is 0 Å². The van der Waals surface area contributed by atoms with Crippen molar-refractivity contribution in [1.82, 2.24) is 14.7 Å². The molecule has 3 amide bonds. The Labute approximate surface area is 198 Å². The van der Waals surface area contributed by atoms with Gasteiger partial charge in [0.15, 0.2) is 0 Å². The minimum absolute atomic E-state index is 0.0587. The van der Waals surface area contributed by atoms with E-state index < -0.39 is 18.3 Å². The van der Waals surface area contributed by atoms with Crippen LogP contribution in [0.2, 0.25) is 0 Å². The molecule has 2 aliphatic heterocycles. The van der Waals surface area contributed by atoms with Crippen molar-refractivity contribution in [2.45, 2.75) is 31.8 Å². The lowest BCUT2D eigenvalue weighted by Gasteiger charge is -2.34. The lowest BCUT2D eigenvalue weighted by molar-refractivity contribution is -0.118. The molecule has 1 saturated heterocycles. The van der Waals surface area contributed by atoms with Gasteiger partial charge in [-0.1, -0.05) is 12.1 Å². The number of alkyl halides is 1. The van der Waals surface area contributed by atoms with Crippen LogP contribution in [-0.2, 0) is 17.9 Å². The van der Waals surface area contributed by atoms with E-state index in [1.54, 1.807) is 7.05 Å². The third kappa shape index (κ3) is 6.21. The van der Waals surface area contributed by atoms with Crippen LogP contribution in [0.1, 0.15) is 35.4 Å². The lowest BCUT2D eigenvalue weighted by atomic mass is 9.89. The number of nitrogens with one attached hydrogen (secondary N) is 1. The van der Waals surface area contributed by atoms with Crippen LogP contribution in [0.5, 0.6) is 0 Å². The Morgan fingerprint density at radius 1 is 1.15 bits per heavy atom. The van der Waals surface area contributed by atoms with Gasteiger partial charge in [0, 0.05) is 57.6 Å². The molecule has 184 valence electrons. The number of nitrogens with zero attached hydrogens (tertiary/aromatic N) is 3. The number of hydrogen-bond donors (Lipinski definition) is 1. The molecule has 0 aromatic heterocycles. The molecular formula is C25H31F3N4O2. The predicted molar refractivity (Wildman–Crippen MR) is 125 cm³/mol. The summed E-state index contributed by atoms with van der Waals surface area (Å²) in [5.74, 6) is -0.658.